The van der Waals surface area contributed by atoms with Crippen LogP contribution in [0.2, 0.25) is 0 Å². The molecule has 11 heteroatoms. The molecule has 0 aromatic heterocycles. The van der Waals surface area contributed by atoms with Gasteiger partial charge in [0.05, 0.1) is 18.2 Å². The second-order valence-electron chi connectivity index (χ2n) is 9.92. The fourth-order valence-corrected chi connectivity index (χ4v) is 5.43. The highest BCUT2D eigenvalue weighted by Gasteiger charge is 2.48. The van der Waals surface area contributed by atoms with Gasteiger partial charge in [-0.25, -0.2) is 4.79 Å². The zero-order valence-corrected chi connectivity index (χ0v) is 21.7. The monoisotopic (exact) mass is 548 g/mol. The molecule has 8 nitrogen and oxygen atoms in total. The van der Waals surface area contributed by atoms with Gasteiger partial charge >= 0.3 is 12.3 Å². The molecule has 0 spiro atoms. The van der Waals surface area contributed by atoms with Crippen molar-refractivity contribution in [1.82, 2.24) is 14.7 Å². The van der Waals surface area contributed by atoms with Gasteiger partial charge in [-0.05, 0) is 43.0 Å². The van der Waals surface area contributed by atoms with Crippen LogP contribution in [0, 0.1) is 0 Å². The third kappa shape index (κ3) is 6.90. The number of nitrogens with two attached hydrogens (primary N) is 1. The Morgan fingerprint density at radius 1 is 1.08 bits per heavy atom. The topological polar surface area (TPSA) is 99.3 Å². The van der Waals surface area contributed by atoms with Gasteiger partial charge in [0.25, 0.3) is 0 Å². The zero-order chi connectivity index (χ0) is 28.0. The van der Waals surface area contributed by atoms with Crippen LogP contribution in [0.15, 0.2) is 54.6 Å². The first-order valence-electron chi connectivity index (χ1n) is 13.3. The molecule has 2 unspecified atom stereocenters. The third-order valence-electron chi connectivity index (χ3n) is 7.35. The van der Waals surface area contributed by atoms with Crippen molar-refractivity contribution in [3.8, 4) is 0 Å². The lowest BCUT2D eigenvalue weighted by molar-refractivity contribution is -0.183. The van der Waals surface area contributed by atoms with Crippen molar-refractivity contribution in [2.24, 2.45) is 5.73 Å². The van der Waals surface area contributed by atoms with E-state index in [1.807, 2.05) is 35.2 Å². The molecule has 0 bridgehead atoms. The maximum absolute atomic E-state index is 13.3. The average Bonchev–Trinajstić information content (AvgIpc) is 2.91. The number of hydrogen-bond donors (Lipinski definition) is 2. The Hall–Kier alpha value is -3.15. The van der Waals surface area contributed by atoms with Crippen LogP contribution in [0.1, 0.15) is 42.4 Å². The lowest BCUT2D eigenvalue weighted by atomic mass is 9.98. The number of aliphatic hydroxyl groups excluding tert-OH is 1. The fourth-order valence-electron chi connectivity index (χ4n) is 5.43. The molecule has 2 heterocycles. The number of rotatable bonds is 9. The van der Waals surface area contributed by atoms with E-state index < -0.39 is 36.3 Å². The Bertz CT molecular complexity index is 1120. The summed E-state index contributed by atoms with van der Waals surface area (Å²) in [5, 5.41) is 11.3. The van der Waals surface area contributed by atoms with Crippen LogP contribution < -0.4 is 5.73 Å². The molecular formula is C28H35F3N4O4. The van der Waals surface area contributed by atoms with Crippen LogP contribution in [0.5, 0.6) is 0 Å². The number of aliphatic hydroxyl groups is 1. The Labute approximate surface area is 226 Å². The molecule has 2 aromatic rings. The normalized spacial score (nSPS) is 22.1. The number of nitrogens with zero attached hydrogens (tertiary/aromatic N) is 3. The van der Waals surface area contributed by atoms with Gasteiger partial charge in [-0.15, -0.1) is 0 Å². The summed E-state index contributed by atoms with van der Waals surface area (Å²) in [5.41, 5.74) is 5.93. The predicted octanol–water partition coefficient (Wildman–Crippen LogP) is 3.58. The highest BCUT2D eigenvalue weighted by molar-refractivity contribution is 5.80. The van der Waals surface area contributed by atoms with Gasteiger partial charge in [-0.2, -0.15) is 13.2 Å². The van der Waals surface area contributed by atoms with E-state index in [2.05, 4.69) is 0 Å². The van der Waals surface area contributed by atoms with Gasteiger partial charge in [-0.1, -0.05) is 48.5 Å². The van der Waals surface area contributed by atoms with Crippen LogP contribution in [-0.2, 0) is 28.7 Å². The molecule has 3 N–H and O–H groups in total. The van der Waals surface area contributed by atoms with Crippen LogP contribution >= 0.6 is 0 Å². The first kappa shape index (κ1) is 28.8. The van der Waals surface area contributed by atoms with E-state index in [-0.39, 0.29) is 44.0 Å². The fraction of sp³-hybridized carbons (Fsp3) is 0.500. The maximum Gasteiger partial charge on any atom is 0.416 e. The molecule has 2 aliphatic rings. The van der Waals surface area contributed by atoms with E-state index in [1.165, 1.54) is 23.1 Å². The molecule has 3 atom stereocenters. The largest absolute Gasteiger partial charge is 0.449 e. The van der Waals surface area contributed by atoms with Crippen molar-refractivity contribution in [2.75, 3.05) is 26.2 Å². The van der Waals surface area contributed by atoms with E-state index >= 15 is 0 Å². The summed E-state index contributed by atoms with van der Waals surface area (Å²) in [6.45, 7) is 1.01. The molecule has 2 fully saturated rings. The van der Waals surface area contributed by atoms with Crippen LogP contribution in [0.25, 0.3) is 0 Å². The second-order valence-corrected chi connectivity index (χ2v) is 9.92. The number of halogens is 3. The highest BCUT2D eigenvalue weighted by atomic mass is 19.4. The first-order valence-corrected chi connectivity index (χ1v) is 13.3. The Morgan fingerprint density at radius 2 is 1.79 bits per heavy atom. The lowest BCUT2D eigenvalue weighted by Crippen LogP contribution is -2.72. The van der Waals surface area contributed by atoms with Crippen LogP contribution in [-0.4, -0.2) is 76.5 Å². The van der Waals surface area contributed by atoms with Gasteiger partial charge in [-0.3, -0.25) is 14.6 Å². The molecule has 2 aliphatic heterocycles. The number of ether oxygens (including phenoxy) is 1. The number of piperazine rings is 1. The van der Waals surface area contributed by atoms with Crippen molar-refractivity contribution in [2.45, 2.75) is 63.3 Å². The van der Waals surface area contributed by atoms with Crippen molar-refractivity contribution in [3.05, 3.63) is 71.3 Å². The quantitative estimate of drug-likeness (QED) is 0.465. The van der Waals surface area contributed by atoms with Crippen molar-refractivity contribution < 1.29 is 32.6 Å². The summed E-state index contributed by atoms with van der Waals surface area (Å²) in [4.78, 5) is 31.2. The van der Waals surface area contributed by atoms with E-state index in [1.54, 1.807) is 4.90 Å². The molecular weight excluding hydrogens is 513 g/mol. The minimum atomic E-state index is -4.50. The summed E-state index contributed by atoms with van der Waals surface area (Å²) in [6, 6.07) is 14.3. The number of carbonyl (C=O) groups is 2. The number of fused-ring (bicyclic) bond motifs is 1. The predicted molar refractivity (Wildman–Crippen MR) is 138 cm³/mol. The average molecular weight is 549 g/mol. The molecule has 2 amide bonds. The molecule has 2 saturated heterocycles. The van der Waals surface area contributed by atoms with Crippen molar-refractivity contribution in [1.29, 1.82) is 0 Å². The minimum Gasteiger partial charge on any atom is -0.449 e. The van der Waals surface area contributed by atoms with Crippen LogP contribution in [0.4, 0.5) is 18.0 Å². The number of unbranched alkanes of at least 4 members (excludes halogenated alkanes) is 1. The van der Waals surface area contributed by atoms with Gasteiger partial charge in [0.2, 0.25) is 5.91 Å². The smallest absolute Gasteiger partial charge is 0.416 e. The molecule has 39 heavy (non-hydrogen) atoms. The SMILES string of the molecule is NCCCCC1C(O)N(Cc2ccccc2)C[C@@H]2N(C(=O)OCCc3ccccc3C(F)(F)F)CCC(=O)N12. The highest BCUT2D eigenvalue weighted by Crippen LogP contribution is 2.33. The summed E-state index contributed by atoms with van der Waals surface area (Å²) in [5.74, 6) is -0.153. The zero-order valence-electron chi connectivity index (χ0n) is 21.7. The lowest BCUT2D eigenvalue weighted by Gasteiger charge is -2.54. The number of carbonyl (C=O) groups excluding carboxylic acids is 2. The van der Waals surface area contributed by atoms with E-state index in [0.717, 1.165) is 18.1 Å². The Kier molecular flexibility index (Phi) is 9.47. The standard InChI is InChI=1S/C28H35F3N4O4/c29-28(30,31)22-11-5-4-10-21(22)14-17-39-27(38)34-16-13-25(36)35-23(12-6-7-15-32)26(37)33(19-24(34)35)18-20-8-2-1-3-9-20/h1-5,8-11,23-24,26,37H,6-7,12-19,32H2/t23?,24-,26?/m1/s1. The molecule has 212 valence electrons. The maximum atomic E-state index is 13.3. The van der Waals surface area contributed by atoms with Crippen molar-refractivity contribution >= 4 is 12.0 Å². The van der Waals surface area contributed by atoms with Crippen molar-refractivity contribution in [3.63, 3.8) is 0 Å². The molecule has 0 radical (unpaired) electrons. The first-order chi connectivity index (χ1) is 18.7. The summed E-state index contributed by atoms with van der Waals surface area (Å²) < 4.78 is 45.4. The molecule has 0 aliphatic carbocycles. The van der Waals surface area contributed by atoms with Gasteiger partial charge in [0.15, 0.2) is 0 Å². The number of amides is 2. The third-order valence-corrected chi connectivity index (χ3v) is 7.35. The number of hydrogen-bond acceptors (Lipinski definition) is 6. The Morgan fingerprint density at radius 3 is 2.51 bits per heavy atom. The molecule has 0 saturated carbocycles. The number of benzene rings is 2. The molecule has 2 aromatic carbocycles. The van der Waals surface area contributed by atoms with Gasteiger partial charge < -0.3 is 20.5 Å². The second kappa shape index (κ2) is 12.8. The van der Waals surface area contributed by atoms with Gasteiger partial charge in [0.1, 0.15) is 12.4 Å². The summed E-state index contributed by atoms with van der Waals surface area (Å²) in [6.07, 6.45) is -4.87. The van der Waals surface area contributed by atoms with E-state index in [4.69, 9.17) is 10.5 Å². The molecule has 4 rings (SSSR count). The summed E-state index contributed by atoms with van der Waals surface area (Å²) in [7, 11) is 0. The van der Waals surface area contributed by atoms with E-state index in [9.17, 15) is 27.9 Å². The Balaban J connectivity index is 1.50. The van der Waals surface area contributed by atoms with E-state index in [0.29, 0.717) is 25.9 Å². The van der Waals surface area contributed by atoms with Crippen LogP contribution in [0.3, 0.4) is 0 Å². The minimum absolute atomic E-state index is 0.0445. The van der Waals surface area contributed by atoms with Gasteiger partial charge in [0, 0.05) is 32.5 Å². The summed E-state index contributed by atoms with van der Waals surface area (Å²) >= 11 is 0. The number of alkyl halides is 3.